The highest BCUT2D eigenvalue weighted by atomic mass is 32.2. The standard InChI is InChI=1S/C20H21N3O3S/c1-13-16(19(24)22-14-5-4-6-15(11-14)27-3)12-17-18(21-13)7-8-23(20(17)25)9-10-26-2/h4-8,11-12H,9-10H2,1-3H3,(H,22,24). The number of hydrogen-bond donors (Lipinski definition) is 1. The summed E-state index contributed by atoms with van der Waals surface area (Å²) in [7, 11) is 1.59. The minimum Gasteiger partial charge on any atom is -0.383 e. The first kappa shape index (κ1) is 19.1. The molecule has 3 aromatic rings. The number of carbonyl (C=O) groups excluding carboxylic acids is 1. The fourth-order valence-electron chi connectivity index (χ4n) is 2.80. The monoisotopic (exact) mass is 383 g/mol. The number of rotatable bonds is 6. The van der Waals surface area contributed by atoms with Gasteiger partial charge in [0, 0.05) is 30.4 Å². The molecule has 0 atom stereocenters. The number of nitrogens with zero attached hydrogens (tertiary/aromatic N) is 2. The van der Waals surface area contributed by atoms with Gasteiger partial charge in [0.2, 0.25) is 0 Å². The Labute approximate surface area is 161 Å². The Hall–Kier alpha value is -2.64. The van der Waals surface area contributed by atoms with Crippen molar-refractivity contribution >= 4 is 34.3 Å². The second kappa shape index (κ2) is 8.37. The van der Waals surface area contributed by atoms with Gasteiger partial charge in [0.1, 0.15) is 0 Å². The van der Waals surface area contributed by atoms with Crippen molar-refractivity contribution in [2.75, 3.05) is 25.3 Å². The van der Waals surface area contributed by atoms with Crippen LogP contribution in [0.25, 0.3) is 10.9 Å². The Kier molecular flexibility index (Phi) is 5.93. The van der Waals surface area contributed by atoms with E-state index in [4.69, 9.17) is 4.74 Å². The van der Waals surface area contributed by atoms with Crippen LogP contribution in [0.2, 0.25) is 0 Å². The summed E-state index contributed by atoms with van der Waals surface area (Å²) >= 11 is 1.60. The molecular weight excluding hydrogens is 362 g/mol. The summed E-state index contributed by atoms with van der Waals surface area (Å²) in [5.41, 5.74) is 2.06. The number of amides is 1. The van der Waals surface area contributed by atoms with Gasteiger partial charge in [-0.05, 0) is 43.5 Å². The lowest BCUT2D eigenvalue weighted by Gasteiger charge is -2.11. The molecular formula is C20H21N3O3S. The Morgan fingerprint density at radius 1 is 1.30 bits per heavy atom. The van der Waals surface area contributed by atoms with Crippen LogP contribution in [0.4, 0.5) is 5.69 Å². The number of anilines is 1. The van der Waals surface area contributed by atoms with E-state index in [0.717, 1.165) is 4.90 Å². The molecule has 1 aromatic carbocycles. The van der Waals surface area contributed by atoms with E-state index < -0.39 is 0 Å². The highest BCUT2D eigenvalue weighted by molar-refractivity contribution is 7.98. The average Bonchev–Trinajstić information content (AvgIpc) is 2.67. The maximum atomic E-state index is 12.8. The number of methoxy groups -OCH3 is 1. The van der Waals surface area contributed by atoms with Crippen molar-refractivity contribution in [1.29, 1.82) is 0 Å². The molecule has 0 aliphatic carbocycles. The Balaban J connectivity index is 1.97. The highest BCUT2D eigenvalue weighted by Gasteiger charge is 2.14. The van der Waals surface area contributed by atoms with Crippen LogP contribution < -0.4 is 10.9 Å². The molecule has 0 aliphatic heterocycles. The second-order valence-electron chi connectivity index (χ2n) is 6.05. The third-order valence-electron chi connectivity index (χ3n) is 4.25. The topological polar surface area (TPSA) is 73.2 Å². The summed E-state index contributed by atoms with van der Waals surface area (Å²) in [4.78, 5) is 31.0. The van der Waals surface area contributed by atoms with E-state index in [1.165, 1.54) is 0 Å². The lowest BCUT2D eigenvalue weighted by atomic mass is 10.1. The summed E-state index contributed by atoms with van der Waals surface area (Å²) in [5.74, 6) is -0.285. The number of aryl methyl sites for hydroxylation is 1. The second-order valence-corrected chi connectivity index (χ2v) is 6.93. The van der Waals surface area contributed by atoms with E-state index in [0.29, 0.717) is 41.0 Å². The maximum Gasteiger partial charge on any atom is 0.260 e. The molecule has 1 amide bonds. The molecule has 140 valence electrons. The fourth-order valence-corrected chi connectivity index (χ4v) is 3.26. The van der Waals surface area contributed by atoms with Gasteiger partial charge in [-0.1, -0.05) is 6.07 Å². The third-order valence-corrected chi connectivity index (χ3v) is 4.98. The summed E-state index contributed by atoms with van der Waals surface area (Å²) in [6.45, 7) is 2.65. The van der Waals surface area contributed by atoms with Crippen LogP contribution in [-0.2, 0) is 11.3 Å². The van der Waals surface area contributed by atoms with Crippen LogP contribution in [-0.4, -0.2) is 35.4 Å². The zero-order chi connectivity index (χ0) is 19.4. The van der Waals surface area contributed by atoms with Gasteiger partial charge in [-0.2, -0.15) is 0 Å². The van der Waals surface area contributed by atoms with Gasteiger partial charge >= 0.3 is 0 Å². The third kappa shape index (κ3) is 4.20. The quantitative estimate of drug-likeness (QED) is 0.661. The van der Waals surface area contributed by atoms with Crippen molar-refractivity contribution in [2.24, 2.45) is 0 Å². The first-order chi connectivity index (χ1) is 13.0. The molecule has 0 radical (unpaired) electrons. The van der Waals surface area contributed by atoms with Gasteiger partial charge in [-0.25, -0.2) is 0 Å². The van der Waals surface area contributed by atoms with Crippen LogP contribution in [0.15, 0.2) is 52.3 Å². The van der Waals surface area contributed by atoms with Crippen molar-refractivity contribution in [3.63, 3.8) is 0 Å². The highest BCUT2D eigenvalue weighted by Crippen LogP contribution is 2.20. The molecule has 0 unspecified atom stereocenters. The van der Waals surface area contributed by atoms with Crippen LogP contribution in [0.1, 0.15) is 16.1 Å². The molecule has 2 aromatic heterocycles. The Bertz CT molecular complexity index is 1050. The zero-order valence-electron chi connectivity index (χ0n) is 15.5. The van der Waals surface area contributed by atoms with E-state index in [9.17, 15) is 9.59 Å². The van der Waals surface area contributed by atoms with Crippen LogP contribution in [0.5, 0.6) is 0 Å². The number of ether oxygens (including phenoxy) is 1. The normalized spacial score (nSPS) is 10.9. The van der Waals surface area contributed by atoms with E-state index in [1.807, 2.05) is 30.5 Å². The van der Waals surface area contributed by atoms with Crippen molar-refractivity contribution in [3.8, 4) is 0 Å². The van der Waals surface area contributed by atoms with Gasteiger partial charge in [0.05, 0.1) is 28.8 Å². The van der Waals surface area contributed by atoms with Crippen molar-refractivity contribution < 1.29 is 9.53 Å². The smallest absolute Gasteiger partial charge is 0.260 e. The molecule has 7 heteroatoms. The molecule has 3 rings (SSSR count). The van der Waals surface area contributed by atoms with Gasteiger partial charge in [0.25, 0.3) is 11.5 Å². The van der Waals surface area contributed by atoms with Gasteiger partial charge in [-0.15, -0.1) is 11.8 Å². The number of pyridine rings is 2. The number of benzene rings is 1. The summed E-state index contributed by atoms with van der Waals surface area (Å²) in [6, 6.07) is 11.0. The van der Waals surface area contributed by atoms with Gasteiger partial charge in [-0.3, -0.25) is 14.6 Å². The zero-order valence-corrected chi connectivity index (χ0v) is 16.3. The van der Waals surface area contributed by atoms with Gasteiger partial charge in [0.15, 0.2) is 0 Å². The number of thioether (sulfide) groups is 1. The molecule has 27 heavy (non-hydrogen) atoms. The lowest BCUT2D eigenvalue weighted by molar-refractivity contribution is 0.102. The SMILES string of the molecule is COCCn1ccc2nc(C)c(C(=O)Nc3cccc(SC)c3)cc2c1=O. The van der Waals surface area contributed by atoms with Crippen molar-refractivity contribution in [2.45, 2.75) is 18.4 Å². The van der Waals surface area contributed by atoms with E-state index in [1.54, 1.807) is 48.7 Å². The fraction of sp³-hybridized carbons (Fsp3) is 0.250. The van der Waals surface area contributed by atoms with E-state index >= 15 is 0 Å². The molecule has 0 aliphatic rings. The molecule has 0 saturated heterocycles. The minimum atomic E-state index is -0.285. The Morgan fingerprint density at radius 3 is 2.85 bits per heavy atom. The predicted octanol–water partition coefficient (Wildman–Crippen LogP) is 3.33. The number of nitrogens with one attached hydrogen (secondary N) is 1. The predicted molar refractivity (Wildman–Crippen MR) is 109 cm³/mol. The number of aromatic nitrogens is 2. The first-order valence-electron chi connectivity index (χ1n) is 8.48. The molecule has 0 bridgehead atoms. The molecule has 2 heterocycles. The summed E-state index contributed by atoms with van der Waals surface area (Å²) in [6.07, 6.45) is 3.68. The van der Waals surface area contributed by atoms with Crippen LogP contribution in [0, 0.1) is 6.92 Å². The van der Waals surface area contributed by atoms with E-state index in [2.05, 4.69) is 10.3 Å². The molecule has 0 spiro atoms. The van der Waals surface area contributed by atoms with E-state index in [-0.39, 0.29) is 11.5 Å². The molecule has 0 fully saturated rings. The molecule has 1 N–H and O–H groups in total. The van der Waals surface area contributed by atoms with Gasteiger partial charge < -0.3 is 14.6 Å². The molecule has 6 nitrogen and oxygen atoms in total. The molecule has 0 saturated carbocycles. The van der Waals surface area contributed by atoms with Crippen LogP contribution >= 0.6 is 11.8 Å². The lowest BCUT2D eigenvalue weighted by Crippen LogP contribution is -2.23. The number of hydrogen-bond acceptors (Lipinski definition) is 5. The van der Waals surface area contributed by atoms with Crippen LogP contribution in [0.3, 0.4) is 0 Å². The first-order valence-corrected chi connectivity index (χ1v) is 9.71. The number of carbonyl (C=O) groups is 1. The maximum absolute atomic E-state index is 12.8. The minimum absolute atomic E-state index is 0.185. The summed E-state index contributed by atoms with van der Waals surface area (Å²) < 4.78 is 6.60. The summed E-state index contributed by atoms with van der Waals surface area (Å²) in [5, 5.41) is 3.30. The largest absolute Gasteiger partial charge is 0.383 e. The Morgan fingerprint density at radius 2 is 2.11 bits per heavy atom. The van der Waals surface area contributed by atoms with Crippen molar-refractivity contribution in [3.05, 3.63) is 64.2 Å². The average molecular weight is 383 g/mol. The van der Waals surface area contributed by atoms with Crippen molar-refractivity contribution in [1.82, 2.24) is 9.55 Å². The number of fused-ring (bicyclic) bond motifs is 1.